The average Bonchev–Trinajstić information content (AvgIpc) is 3.74. The van der Waals surface area contributed by atoms with Crippen molar-refractivity contribution in [3.8, 4) is 16.8 Å². The number of aromatic nitrogens is 1. The fourth-order valence-corrected chi connectivity index (χ4v) is 8.68. The second-order valence-corrected chi connectivity index (χ2v) is 13.9. The highest BCUT2D eigenvalue weighted by Crippen LogP contribution is 2.42. The standard InChI is InChI=1S/C46H31N3S/c1-3-12-30(13-4-1)40-29-41(31-14-5-2-6-15-31)48-46(47-40)32-22-25-34(26-23-32)49-42-20-9-7-16-36(42)37-27-24-33(28-43(37)49)35-18-11-19-39-38-17-8-10-21-44(38)50-45(35)39/h1-29,46-47H. The van der Waals surface area contributed by atoms with Gasteiger partial charge in [-0.25, -0.2) is 0 Å². The fourth-order valence-electron chi connectivity index (χ4n) is 7.44. The molecule has 3 nitrogen and oxygen atoms in total. The predicted octanol–water partition coefficient (Wildman–Crippen LogP) is 12.0. The molecule has 1 aliphatic rings. The Morgan fingerprint density at radius 1 is 0.520 bits per heavy atom. The van der Waals surface area contributed by atoms with E-state index < -0.39 is 0 Å². The van der Waals surface area contributed by atoms with E-state index in [2.05, 4.69) is 180 Å². The number of fused-ring (bicyclic) bond motifs is 6. The molecule has 10 rings (SSSR count). The fraction of sp³-hybridized carbons (Fsp3) is 0.0217. The van der Waals surface area contributed by atoms with E-state index in [1.807, 2.05) is 17.4 Å². The second-order valence-electron chi connectivity index (χ2n) is 12.8. The van der Waals surface area contributed by atoms with Gasteiger partial charge < -0.3 is 9.88 Å². The molecular formula is C46H31N3S. The van der Waals surface area contributed by atoms with Crippen molar-refractivity contribution in [2.24, 2.45) is 4.99 Å². The third kappa shape index (κ3) is 4.76. The maximum absolute atomic E-state index is 5.20. The summed E-state index contributed by atoms with van der Waals surface area (Å²) in [5, 5.41) is 8.86. The summed E-state index contributed by atoms with van der Waals surface area (Å²) in [5.41, 5.74) is 11.4. The van der Waals surface area contributed by atoms with Gasteiger partial charge in [0.1, 0.15) is 6.17 Å². The van der Waals surface area contributed by atoms with Crippen molar-refractivity contribution in [2.45, 2.75) is 6.17 Å². The van der Waals surface area contributed by atoms with Gasteiger partial charge in [0.15, 0.2) is 0 Å². The van der Waals surface area contributed by atoms with Gasteiger partial charge in [-0.05, 0) is 64.2 Å². The van der Waals surface area contributed by atoms with Gasteiger partial charge in [0, 0.05) is 42.3 Å². The minimum Gasteiger partial charge on any atom is -0.360 e. The molecule has 0 saturated carbocycles. The summed E-state index contributed by atoms with van der Waals surface area (Å²) in [7, 11) is 0. The van der Waals surface area contributed by atoms with Crippen molar-refractivity contribution in [2.75, 3.05) is 0 Å². The molecular weight excluding hydrogens is 627 g/mol. The number of hydrogen-bond acceptors (Lipinski definition) is 3. The minimum absolute atomic E-state index is 0.217. The topological polar surface area (TPSA) is 29.3 Å². The second kappa shape index (κ2) is 11.7. The smallest absolute Gasteiger partial charge is 0.145 e. The Labute approximate surface area is 294 Å². The first-order valence-corrected chi connectivity index (χ1v) is 17.8. The zero-order valence-corrected chi connectivity index (χ0v) is 27.9. The van der Waals surface area contributed by atoms with Crippen molar-refractivity contribution < 1.29 is 0 Å². The summed E-state index contributed by atoms with van der Waals surface area (Å²) in [6.45, 7) is 0. The van der Waals surface area contributed by atoms with Crippen LogP contribution in [-0.4, -0.2) is 10.3 Å². The summed E-state index contributed by atoms with van der Waals surface area (Å²) in [6, 6.07) is 61.0. The predicted molar refractivity (Wildman–Crippen MR) is 212 cm³/mol. The van der Waals surface area contributed by atoms with Gasteiger partial charge in [-0.2, -0.15) is 0 Å². The zero-order valence-electron chi connectivity index (χ0n) is 27.1. The van der Waals surface area contributed by atoms with E-state index in [1.54, 1.807) is 0 Å². The van der Waals surface area contributed by atoms with Gasteiger partial charge in [-0.15, -0.1) is 11.3 Å². The molecule has 0 fully saturated rings. The van der Waals surface area contributed by atoms with Crippen LogP contribution in [0.25, 0.3) is 64.5 Å². The number of hydrogen-bond donors (Lipinski definition) is 1. The first kappa shape index (κ1) is 28.8. The van der Waals surface area contributed by atoms with Crippen LogP contribution in [0.4, 0.5) is 0 Å². The normalized spacial score (nSPS) is 14.6. The summed E-state index contributed by atoms with van der Waals surface area (Å²) < 4.78 is 5.06. The van der Waals surface area contributed by atoms with E-state index >= 15 is 0 Å². The quantitative estimate of drug-likeness (QED) is 0.196. The van der Waals surface area contributed by atoms with Crippen LogP contribution in [0.2, 0.25) is 0 Å². The van der Waals surface area contributed by atoms with E-state index in [0.29, 0.717) is 0 Å². The zero-order chi connectivity index (χ0) is 33.0. The van der Waals surface area contributed by atoms with Crippen molar-refractivity contribution in [1.29, 1.82) is 0 Å². The maximum atomic E-state index is 5.20. The Morgan fingerprint density at radius 2 is 1.20 bits per heavy atom. The highest BCUT2D eigenvalue weighted by molar-refractivity contribution is 7.26. The van der Waals surface area contributed by atoms with Crippen LogP contribution in [0.15, 0.2) is 181 Å². The van der Waals surface area contributed by atoms with Gasteiger partial charge in [0.2, 0.25) is 0 Å². The van der Waals surface area contributed by atoms with Crippen LogP contribution in [0.3, 0.4) is 0 Å². The number of aliphatic imine (C=N–C) groups is 1. The lowest BCUT2D eigenvalue weighted by molar-refractivity contribution is 0.664. The third-order valence-electron chi connectivity index (χ3n) is 9.85. The SMILES string of the molecule is C1=C(c2ccccc2)NC(c2ccc(-n3c4ccccc4c4ccc(-c5cccc6c5sc5ccccc56)cc43)cc2)N=C1c1ccccc1. The van der Waals surface area contributed by atoms with Crippen LogP contribution in [0.1, 0.15) is 22.9 Å². The van der Waals surface area contributed by atoms with Crippen LogP contribution >= 0.6 is 11.3 Å². The summed E-state index contributed by atoms with van der Waals surface area (Å²) in [4.78, 5) is 5.20. The molecule has 0 saturated heterocycles. The molecule has 2 aromatic heterocycles. The van der Waals surface area contributed by atoms with Gasteiger partial charge in [-0.3, -0.25) is 4.99 Å². The molecule has 50 heavy (non-hydrogen) atoms. The molecule has 1 atom stereocenters. The van der Waals surface area contributed by atoms with Crippen molar-refractivity contribution in [3.05, 3.63) is 193 Å². The Morgan fingerprint density at radius 3 is 2.02 bits per heavy atom. The number of thiophene rings is 1. The lowest BCUT2D eigenvalue weighted by Gasteiger charge is -2.25. The molecule has 1 aliphatic heterocycles. The van der Waals surface area contributed by atoms with Gasteiger partial charge in [0.05, 0.1) is 16.7 Å². The van der Waals surface area contributed by atoms with Gasteiger partial charge in [0.25, 0.3) is 0 Å². The van der Waals surface area contributed by atoms with Crippen molar-refractivity contribution >= 4 is 64.7 Å². The molecule has 0 aliphatic carbocycles. The molecule has 0 bridgehead atoms. The molecule has 0 amide bonds. The summed E-state index contributed by atoms with van der Waals surface area (Å²) in [5.74, 6) is 0. The first-order chi connectivity index (χ1) is 24.8. The number of rotatable bonds is 5. The third-order valence-corrected chi connectivity index (χ3v) is 11.1. The summed E-state index contributed by atoms with van der Waals surface area (Å²) >= 11 is 1.88. The van der Waals surface area contributed by atoms with Crippen LogP contribution in [0.5, 0.6) is 0 Å². The number of allylic oxidation sites excluding steroid dienone is 1. The van der Waals surface area contributed by atoms with E-state index in [-0.39, 0.29) is 6.17 Å². The molecule has 1 N–H and O–H groups in total. The number of benzene rings is 7. The number of para-hydroxylation sites is 1. The lowest BCUT2D eigenvalue weighted by Crippen LogP contribution is -2.24. The van der Waals surface area contributed by atoms with E-state index in [9.17, 15) is 0 Å². The maximum Gasteiger partial charge on any atom is 0.145 e. The summed E-state index contributed by atoms with van der Waals surface area (Å²) in [6.07, 6.45) is 1.94. The Hall–Kier alpha value is -6.23. The molecule has 7 aromatic carbocycles. The Bertz CT molecular complexity index is 2770. The number of nitrogens with zero attached hydrogens (tertiary/aromatic N) is 2. The molecule has 4 heteroatoms. The van der Waals surface area contributed by atoms with E-state index in [4.69, 9.17) is 4.99 Å². The molecule has 236 valence electrons. The molecule has 9 aromatic rings. The number of nitrogens with one attached hydrogen (secondary N) is 1. The van der Waals surface area contributed by atoms with E-state index in [0.717, 1.165) is 33.8 Å². The van der Waals surface area contributed by atoms with E-state index in [1.165, 1.54) is 53.1 Å². The molecule has 1 unspecified atom stereocenters. The highest BCUT2D eigenvalue weighted by atomic mass is 32.1. The Kier molecular flexibility index (Phi) is 6.74. The largest absolute Gasteiger partial charge is 0.360 e. The average molecular weight is 658 g/mol. The van der Waals surface area contributed by atoms with Gasteiger partial charge in [-0.1, -0.05) is 140 Å². The monoisotopic (exact) mass is 657 g/mol. The highest BCUT2D eigenvalue weighted by Gasteiger charge is 2.21. The lowest BCUT2D eigenvalue weighted by atomic mass is 10.0. The first-order valence-electron chi connectivity index (χ1n) is 17.0. The molecule has 0 spiro atoms. The molecule has 3 heterocycles. The van der Waals surface area contributed by atoms with Crippen LogP contribution < -0.4 is 5.32 Å². The molecule has 0 radical (unpaired) electrons. The Balaban J connectivity index is 1.08. The van der Waals surface area contributed by atoms with Crippen molar-refractivity contribution in [1.82, 2.24) is 9.88 Å². The van der Waals surface area contributed by atoms with Crippen LogP contribution in [-0.2, 0) is 0 Å². The van der Waals surface area contributed by atoms with Crippen LogP contribution in [0, 0.1) is 0 Å². The van der Waals surface area contributed by atoms with Gasteiger partial charge >= 0.3 is 0 Å². The van der Waals surface area contributed by atoms with Crippen molar-refractivity contribution in [3.63, 3.8) is 0 Å². The minimum atomic E-state index is -0.217.